The Kier molecular flexibility index (Phi) is 6.43. The molecule has 0 saturated carbocycles. The van der Waals surface area contributed by atoms with Gasteiger partial charge in [0.25, 0.3) is 5.91 Å². The fraction of sp³-hybridized carbons (Fsp3) is 0.500. The molecule has 6 heteroatoms. The van der Waals surface area contributed by atoms with Gasteiger partial charge in [0.05, 0.1) is 5.56 Å². The number of carbonyl (C=O) groups excluding carboxylic acids is 1. The summed E-state index contributed by atoms with van der Waals surface area (Å²) in [6.07, 6.45) is 1.87. The number of carbonyl (C=O) groups is 1. The van der Waals surface area contributed by atoms with Crippen LogP contribution < -0.4 is 5.73 Å². The monoisotopic (exact) mass is 364 g/mol. The zero-order chi connectivity index (χ0) is 14.0. The summed E-state index contributed by atoms with van der Waals surface area (Å²) in [5.74, 6) is 0.0924. The molecular formula is C14H19BrClFN2O. The fourth-order valence-corrected chi connectivity index (χ4v) is 2.98. The summed E-state index contributed by atoms with van der Waals surface area (Å²) in [4.78, 5) is 14.2. The second kappa shape index (κ2) is 7.38. The van der Waals surface area contributed by atoms with Crippen LogP contribution in [0.3, 0.4) is 0 Å². The molecule has 0 aromatic heterocycles. The molecule has 0 spiro atoms. The van der Waals surface area contributed by atoms with E-state index in [0.29, 0.717) is 16.0 Å². The van der Waals surface area contributed by atoms with E-state index in [0.717, 1.165) is 25.9 Å². The van der Waals surface area contributed by atoms with Crippen LogP contribution in [0.2, 0.25) is 0 Å². The predicted molar refractivity (Wildman–Crippen MR) is 83.6 cm³/mol. The van der Waals surface area contributed by atoms with Crippen molar-refractivity contribution in [2.75, 3.05) is 13.1 Å². The van der Waals surface area contributed by atoms with Gasteiger partial charge in [-0.15, -0.1) is 12.4 Å². The van der Waals surface area contributed by atoms with Crippen LogP contribution >= 0.6 is 28.3 Å². The average Bonchev–Trinajstić information content (AvgIpc) is 2.38. The van der Waals surface area contributed by atoms with Gasteiger partial charge in [-0.2, -0.15) is 0 Å². The smallest absolute Gasteiger partial charge is 0.255 e. The Morgan fingerprint density at radius 3 is 2.55 bits per heavy atom. The summed E-state index contributed by atoms with van der Waals surface area (Å²) in [5.41, 5.74) is 6.40. The van der Waals surface area contributed by atoms with Crippen LogP contribution in [0, 0.1) is 11.7 Å². The largest absolute Gasteiger partial charge is 0.339 e. The summed E-state index contributed by atoms with van der Waals surface area (Å²) >= 11 is 3.24. The number of nitrogens with two attached hydrogens (primary N) is 1. The number of nitrogens with zero attached hydrogens (tertiary/aromatic N) is 1. The highest BCUT2D eigenvalue weighted by atomic mass is 79.9. The third kappa shape index (κ3) is 3.93. The molecule has 2 rings (SSSR count). The van der Waals surface area contributed by atoms with Gasteiger partial charge in [-0.05, 0) is 59.8 Å². The van der Waals surface area contributed by atoms with Crippen molar-refractivity contribution < 1.29 is 9.18 Å². The molecule has 0 radical (unpaired) electrons. The van der Waals surface area contributed by atoms with E-state index in [-0.39, 0.29) is 30.2 Å². The van der Waals surface area contributed by atoms with E-state index < -0.39 is 0 Å². The number of benzene rings is 1. The standard InChI is InChI=1S/C14H18BrFN2O.ClH/c1-9(17)10-4-6-18(7-5-10)14(19)12-3-2-11(16)8-13(12)15;/h2-3,8-10H,4-7,17H2,1H3;1H. The minimum atomic E-state index is -0.348. The molecule has 1 atom stereocenters. The first-order valence-corrected chi connectivity index (χ1v) is 7.28. The van der Waals surface area contributed by atoms with Crippen LogP contribution in [-0.4, -0.2) is 29.9 Å². The lowest BCUT2D eigenvalue weighted by Gasteiger charge is -2.33. The average molecular weight is 366 g/mol. The summed E-state index contributed by atoms with van der Waals surface area (Å²) in [7, 11) is 0. The first kappa shape index (κ1) is 17.4. The maximum absolute atomic E-state index is 13.0. The molecule has 2 N–H and O–H groups in total. The number of piperidine rings is 1. The molecule has 20 heavy (non-hydrogen) atoms. The van der Waals surface area contributed by atoms with E-state index in [1.165, 1.54) is 18.2 Å². The summed E-state index contributed by atoms with van der Waals surface area (Å²) in [6.45, 7) is 3.45. The maximum atomic E-state index is 13.0. The molecule has 1 fully saturated rings. The molecular weight excluding hydrogens is 347 g/mol. The van der Waals surface area contributed by atoms with Crippen molar-refractivity contribution in [1.82, 2.24) is 4.90 Å². The molecule has 1 amide bonds. The lowest BCUT2D eigenvalue weighted by Crippen LogP contribution is -2.42. The van der Waals surface area contributed by atoms with E-state index in [1.54, 1.807) is 0 Å². The molecule has 1 aromatic rings. The quantitative estimate of drug-likeness (QED) is 0.875. The van der Waals surface area contributed by atoms with E-state index in [2.05, 4.69) is 15.9 Å². The van der Waals surface area contributed by atoms with Gasteiger partial charge >= 0.3 is 0 Å². The Bertz CT molecular complexity index is 476. The SMILES string of the molecule is CC(N)C1CCN(C(=O)c2ccc(F)cc2Br)CC1.Cl. The molecule has 1 aliphatic heterocycles. The molecule has 112 valence electrons. The van der Waals surface area contributed by atoms with Crippen LogP contribution in [0.5, 0.6) is 0 Å². The van der Waals surface area contributed by atoms with Gasteiger partial charge < -0.3 is 10.6 Å². The molecule has 1 aliphatic rings. The molecule has 1 aromatic carbocycles. The van der Waals surface area contributed by atoms with E-state index in [4.69, 9.17) is 5.73 Å². The van der Waals surface area contributed by atoms with Gasteiger partial charge in [0.2, 0.25) is 0 Å². The minimum Gasteiger partial charge on any atom is -0.339 e. The molecule has 0 bridgehead atoms. The first-order valence-electron chi connectivity index (χ1n) is 6.49. The summed E-state index contributed by atoms with van der Waals surface area (Å²) in [6, 6.07) is 4.34. The van der Waals surface area contributed by atoms with Crippen LogP contribution in [0.15, 0.2) is 22.7 Å². The van der Waals surface area contributed by atoms with Gasteiger partial charge in [0.15, 0.2) is 0 Å². The lowest BCUT2D eigenvalue weighted by atomic mass is 9.90. The highest BCUT2D eigenvalue weighted by Gasteiger charge is 2.26. The second-order valence-electron chi connectivity index (χ2n) is 5.11. The third-order valence-electron chi connectivity index (χ3n) is 3.73. The highest BCUT2D eigenvalue weighted by Crippen LogP contribution is 2.24. The zero-order valence-electron chi connectivity index (χ0n) is 11.3. The zero-order valence-corrected chi connectivity index (χ0v) is 13.7. The Labute approximate surface area is 133 Å². The summed E-state index contributed by atoms with van der Waals surface area (Å²) < 4.78 is 13.5. The van der Waals surface area contributed by atoms with Crippen molar-refractivity contribution >= 4 is 34.2 Å². The molecule has 1 heterocycles. The molecule has 0 aliphatic carbocycles. The van der Waals surface area contributed by atoms with Crippen molar-refractivity contribution in [3.63, 3.8) is 0 Å². The van der Waals surface area contributed by atoms with Crippen molar-refractivity contribution in [1.29, 1.82) is 0 Å². The van der Waals surface area contributed by atoms with Gasteiger partial charge in [-0.1, -0.05) is 0 Å². The van der Waals surface area contributed by atoms with Crippen molar-refractivity contribution in [3.05, 3.63) is 34.1 Å². The number of amides is 1. The van der Waals surface area contributed by atoms with E-state index in [9.17, 15) is 9.18 Å². The van der Waals surface area contributed by atoms with Crippen LogP contribution in [0.25, 0.3) is 0 Å². The van der Waals surface area contributed by atoms with Crippen molar-refractivity contribution in [2.45, 2.75) is 25.8 Å². The second-order valence-corrected chi connectivity index (χ2v) is 5.97. The predicted octanol–water partition coefficient (Wildman–Crippen LogP) is 3.21. The lowest BCUT2D eigenvalue weighted by molar-refractivity contribution is 0.0680. The van der Waals surface area contributed by atoms with Crippen molar-refractivity contribution in [2.24, 2.45) is 11.7 Å². The van der Waals surface area contributed by atoms with Crippen LogP contribution in [0.4, 0.5) is 4.39 Å². The number of likely N-dealkylation sites (tertiary alicyclic amines) is 1. The normalized spacial score (nSPS) is 17.5. The molecule has 1 saturated heterocycles. The third-order valence-corrected chi connectivity index (χ3v) is 4.39. The van der Waals surface area contributed by atoms with Gasteiger partial charge in [0, 0.05) is 23.6 Å². The molecule has 3 nitrogen and oxygen atoms in total. The topological polar surface area (TPSA) is 46.3 Å². The van der Waals surface area contributed by atoms with Gasteiger partial charge in [-0.25, -0.2) is 4.39 Å². The number of halogens is 3. The van der Waals surface area contributed by atoms with Crippen LogP contribution in [0.1, 0.15) is 30.1 Å². The van der Waals surface area contributed by atoms with Crippen LogP contribution in [-0.2, 0) is 0 Å². The van der Waals surface area contributed by atoms with Gasteiger partial charge in [0.1, 0.15) is 5.82 Å². The number of hydrogen-bond donors (Lipinski definition) is 1. The van der Waals surface area contributed by atoms with E-state index >= 15 is 0 Å². The number of hydrogen-bond acceptors (Lipinski definition) is 2. The number of rotatable bonds is 2. The highest BCUT2D eigenvalue weighted by molar-refractivity contribution is 9.10. The Hall–Kier alpha value is -0.650. The molecule has 1 unspecified atom stereocenters. The summed E-state index contributed by atoms with van der Waals surface area (Å²) in [5, 5.41) is 0. The maximum Gasteiger partial charge on any atom is 0.255 e. The van der Waals surface area contributed by atoms with Gasteiger partial charge in [-0.3, -0.25) is 4.79 Å². The fourth-order valence-electron chi connectivity index (χ4n) is 2.46. The minimum absolute atomic E-state index is 0. The van der Waals surface area contributed by atoms with Crippen molar-refractivity contribution in [3.8, 4) is 0 Å². The Morgan fingerprint density at radius 1 is 1.45 bits per heavy atom. The first-order chi connectivity index (χ1) is 8.99. The Balaban J connectivity index is 0.00000200. The Morgan fingerprint density at radius 2 is 2.05 bits per heavy atom. The van der Waals surface area contributed by atoms with E-state index in [1.807, 2.05) is 11.8 Å².